The Bertz CT molecular complexity index is 329. The molecular formula is C13H18O2S2. The van der Waals surface area contributed by atoms with Crippen molar-refractivity contribution in [1.82, 2.24) is 0 Å². The largest absolute Gasteiger partial charge is 0.381 e. The zero-order valence-corrected chi connectivity index (χ0v) is 11.5. The summed E-state index contributed by atoms with van der Waals surface area (Å²) >= 11 is 3.55. The highest BCUT2D eigenvalue weighted by Gasteiger charge is 2.14. The molecule has 0 amide bonds. The first-order valence-electron chi connectivity index (χ1n) is 6.12. The van der Waals surface area contributed by atoms with Crippen LogP contribution in [0.3, 0.4) is 0 Å². The van der Waals surface area contributed by atoms with E-state index >= 15 is 0 Å². The molecule has 0 bridgehead atoms. The summed E-state index contributed by atoms with van der Waals surface area (Å²) < 4.78 is 5.33. The third-order valence-electron chi connectivity index (χ3n) is 2.87. The average molecular weight is 270 g/mol. The van der Waals surface area contributed by atoms with Gasteiger partial charge in [-0.2, -0.15) is 11.8 Å². The molecule has 1 aliphatic rings. The molecule has 1 aliphatic heterocycles. The van der Waals surface area contributed by atoms with Crippen LogP contribution in [0.2, 0.25) is 0 Å². The fourth-order valence-corrected chi connectivity index (χ4v) is 3.75. The third-order valence-corrected chi connectivity index (χ3v) is 5.24. The average Bonchev–Trinajstić information content (AvgIpc) is 2.89. The van der Waals surface area contributed by atoms with Crippen LogP contribution in [0.25, 0.3) is 0 Å². The van der Waals surface area contributed by atoms with E-state index in [1.165, 1.54) is 12.8 Å². The Morgan fingerprint density at radius 3 is 3.00 bits per heavy atom. The number of hydrogen-bond donors (Lipinski definition) is 0. The van der Waals surface area contributed by atoms with Crippen molar-refractivity contribution in [3.63, 3.8) is 0 Å². The number of thioether (sulfide) groups is 1. The van der Waals surface area contributed by atoms with E-state index in [-0.39, 0.29) is 0 Å². The minimum Gasteiger partial charge on any atom is -0.381 e. The number of thiophene rings is 1. The Balaban J connectivity index is 1.58. The van der Waals surface area contributed by atoms with E-state index in [4.69, 9.17) is 4.74 Å². The highest BCUT2D eigenvalue weighted by molar-refractivity contribution is 7.99. The van der Waals surface area contributed by atoms with E-state index in [1.54, 1.807) is 11.3 Å². The molecule has 1 aromatic heterocycles. The molecule has 2 nitrogen and oxygen atoms in total. The third kappa shape index (κ3) is 4.45. The van der Waals surface area contributed by atoms with Crippen molar-refractivity contribution >= 4 is 28.9 Å². The van der Waals surface area contributed by atoms with Crippen molar-refractivity contribution < 1.29 is 9.53 Å². The zero-order chi connectivity index (χ0) is 11.9. The van der Waals surface area contributed by atoms with E-state index < -0.39 is 0 Å². The van der Waals surface area contributed by atoms with Gasteiger partial charge >= 0.3 is 0 Å². The van der Waals surface area contributed by atoms with Crippen molar-refractivity contribution in [3.05, 3.63) is 22.4 Å². The second kappa shape index (κ2) is 7.19. The Morgan fingerprint density at radius 1 is 1.47 bits per heavy atom. The van der Waals surface area contributed by atoms with Crippen LogP contribution in [0.1, 0.15) is 35.4 Å². The topological polar surface area (TPSA) is 26.3 Å². The van der Waals surface area contributed by atoms with Gasteiger partial charge in [0, 0.05) is 24.9 Å². The molecule has 0 unspecified atom stereocenters. The van der Waals surface area contributed by atoms with Gasteiger partial charge in [-0.15, -0.1) is 11.3 Å². The lowest BCUT2D eigenvalue weighted by Gasteiger charge is -2.21. The summed E-state index contributed by atoms with van der Waals surface area (Å²) in [4.78, 5) is 12.6. The van der Waals surface area contributed by atoms with Gasteiger partial charge in [-0.1, -0.05) is 6.07 Å². The highest BCUT2D eigenvalue weighted by Crippen LogP contribution is 2.23. The van der Waals surface area contributed by atoms with Gasteiger partial charge in [0.2, 0.25) is 0 Å². The van der Waals surface area contributed by atoms with Crippen molar-refractivity contribution in [2.75, 3.05) is 19.0 Å². The van der Waals surface area contributed by atoms with Gasteiger partial charge in [-0.25, -0.2) is 0 Å². The molecule has 4 heteroatoms. The van der Waals surface area contributed by atoms with Gasteiger partial charge < -0.3 is 4.74 Å². The summed E-state index contributed by atoms with van der Waals surface area (Å²) in [7, 11) is 0. The predicted octanol–water partition coefficient (Wildman–Crippen LogP) is 3.62. The van der Waals surface area contributed by atoms with Crippen LogP contribution in [0.15, 0.2) is 17.5 Å². The first kappa shape index (κ1) is 13.1. The Hall–Kier alpha value is -0.320. The molecule has 0 N–H and O–H groups in total. The molecule has 94 valence electrons. The summed E-state index contributed by atoms with van der Waals surface area (Å²) in [6, 6.07) is 3.85. The maximum absolute atomic E-state index is 11.7. The van der Waals surface area contributed by atoms with Gasteiger partial charge in [0.1, 0.15) is 0 Å². The molecule has 2 heterocycles. The lowest BCUT2D eigenvalue weighted by Crippen LogP contribution is -2.17. The summed E-state index contributed by atoms with van der Waals surface area (Å²) in [6.45, 7) is 1.82. The molecule has 0 spiro atoms. The van der Waals surface area contributed by atoms with Crippen molar-refractivity contribution in [3.8, 4) is 0 Å². The lowest BCUT2D eigenvalue weighted by atomic mass is 10.2. The lowest BCUT2D eigenvalue weighted by molar-refractivity contribution is 0.0983. The number of carbonyl (C=O) groups excluding carboxylic acids is 1. The quantitative estimate of drug-likeness (QED) is 0.583. The predicted molar refractivity (Wildman–Crippen MR) is 74.2 cm³/mol. The normalized spacial score (nSPS) is 17.2. The molecule has 0 aliphatic carbocycles. The monoisotopic (exact) mass is 270 g/mol. The molecule has 0 aromatic carbocycles. The van der Waals surface area contributed by atoms with Crippen LogP contribution in [-0.4, -0.2) is 30.0 Å². The SMILES string of the molecule is O=C(CCCSC1CCOCC1)c1cccs1. The maximum Gasteiger partial charge on any atom is 0.172 e. The molecular weight excluding hydrogens is 252 g/mol. The van der Waals surface area contributed by atoms with Gasteiger partial charge in [0.25, 0.3) is 0 Å². The second-order valence-electron chi connectivity index (χ2n) is 4.19. The van der Waals surface area contributed by atoms with E-state index in [9.17, 15) is 4.79 Å². The fourth-order valence-electron chi connectivity index (χ4n) is 1.89. The number of Topliss-reactive ketones (excluding diaryl/α,β-unsaturated/α-hetero) is 1. The zero-order valence-electron chi connectivity index (χ0n) is 9.89. The fraction of sp³-hybridized carbons (Fsp3) is 0.615. The summed E-state index contributed by atoms with van der Waals surface area (Å²) in [6.07, 6.45) is 4.03. The van der Waals surface area contributed by atoms with Gasteiger partial charge in [-0.05, 0) is 36.5 Å². The Morgan fingerprint density at radius 2 is 2.29 bits per heavy atom. The van der Waals surface area contributed by atoms with Gasteiger partial charge in [0.15, 0.2) is 5.78 Å². The number of carbonyl (C=O) groups is 1. The summed E-state index contributed by atoms with van der Waals surface area (Å²) in [5.74, 6) is 1.40. The second-order valence-corrected chi connectivity index (χ2v) is 6.54. The molecule has 0 atom stereocenters. The molecule has 17 heavy (non-hydrogen) atoms. The summed E-state index contributed by atoms with van der Waals surface area (Å²) in [5, 5.41) is 2.71. The number of ketones is 1. The molecule has 0 saturated carbocycles. The van der Waals surface area contributed by atoms with Crippen LogP contribution < -0.4 is 0 Å². The van der Waals surface area contributed by atoms with Crippen molar-refractivity contribution in [2.45, 2.75) is 30.9 Å². The smallest absolute Gasteiger partial charge is 0.172 e. The first-order valence-corrected chi connectivity index (χ1v) is 8.05. The van der Waals surface area contributed by atoms with E-state index in [2.05, 4.69) is 0 Å². The van der Waals surface area contributed by atoms with Crippen LogP contribution in [0.5, 0.6) is 0 Å². The minimum atomic E-state index is 0.299. The van der Waals surface area contributed by atoms with Crippen LogP contribution in [0, 0.1) is 0 Å². The minimum absolute atomic E-state index is 0.299. The van der Waals surface area contributed by atoms with E-state index in [0.717, 1.165) is 35.5 Å². The van der Waals surface area contributed by atoms with Gasteiger partial charge in [-0.3, -0.25) is 4.79 Å². The number of rotatable bonds is 6. The Kier molecular flexibility index (Phi) is 5.55. The molecule has 0 radical (unpaired) electrons. The van der Waals surface area contributed by atoms with Crippen molar-refractivity contribution in [1.29, 1.82) is 0 Å². The van der Waals surface area contributed by atoms with Crippen LogP contribution in [-0.2, 0) is 4.74 Å². The standard InChI is InChI=1S/C13H18O2S2/c14-12(13-4-2-10-17-13)3-1-9-16-11-5-7-15-8-6-11/h2,4,10-11H,1,3,5-9H2. The molecule has 1 saturated heterocycles. The first-order chi connectivity index (χ1) is 8.36. The van der Waals surface area contributed by atoms with E-state index in [0.29, 0.717) is 12.2 Å². The van der Waals surface area contributed by atoms with Crippen molar-refractivity contribution in [2.24, 2.45) is 0 Å². The van der Waals surface area contributed by atoms with Crippen LogP contribution in [0.4, 0.5) is 0 Å². The van der Waals surface area contributed by atoms with E-state index in [1.807, 2.05) is 29.3 Å². The van der Waals surface area contributed by atoms with Gasteiger partial charge in [0.05, 0.1) is 4.88 Å². The summed E-state index contributed by atoms with van der Waals surface area (Å²) in [5.41, 5.74) is 0. The molecule has 1 fully saturated rings. The maximum atomic E-state index is 11.7. The van der Waals surface area contributed by atoms with Crippen LogP contribution >= 0.6 is 23.1 Å². The highest BCUT2D eigenvalue weighted by atomic mass is 32.2. The molecule has 2 rings (SSSR count). The Labute approximate surface area is 111 Å². The molecule has 1 aromatic rings. The number of hydrogen-bond acceptors (Lipinski definition) is 4. The number of ether oxygens (including phenoxy) is 1.